The average Bonchev–Trinajstić information content (AvgIpc) is 3.21. The summed E-state index contributed by atoms with van der Waals surface area (Å²) in [4.78, 5) is 4.23. The molecule has 2 aromatic heterocycles. The number of methoxy groups -OCH3 is 1. The first-order chi connectivity index (χ1) is 14.8. The first kappa shape index (κ1) is 20.0. The lowest BCUT2D eigenvalue weighted by molar-refractivity contribution is 0.342. The maximum atomic E-state index is 5.84. The predicted molar refractivity (Wildman–Crippen MR) is 119 cm³/mol. The standard InChI is InChI=1S/C23H22N4O2S/c1-17-6-3-4-8-21(17)27-22(18-7-5-13-24-16-18)25-26-23(27)30-15-14-29-20-11-9-19(28-2)10-12-20/h3-13,16H,14-15H2,1-2H3. The van der Waals surface area contributed by atoms with Gasteiger partial charge in [0, 0.05) is 23.7 Å². The van der Waals surface area contributed by atoms with Gasteiger partial charge in [0.15, 0.2) is 11.0 Å². The summed E-state index contributed by atoms with van der Waals surface area (Å²) < 4.78 is 13.1. The van der Waals surface area contributed by atoms with Gasteiger partial charge in [-0.15, -0.1) is 10.2 Å². The third kappa shape index (κ3) is 4.46. The molecule has 152 valence electrons. The molecule has 6 nitrogen and oxygen atoms in total. The smallest absolute Gasteiger partial charge is 0.196 e. The van der Waals surface area contributed by atoms with E-state index < -0.39 is 0 Å². The summed E-state index contributed by atoms with van der Waals surface area (Å²) in [5.74, 6) is 3.14. The van der Waals surface area contributed by atoms with Gasteiger partial charge in [-0.3, -0.25) is 9.55 Å². The van der Waals surface area contributed by atoms with Gasteiger partial charge in [-0.2, -0.15) is 0 Å². The van der Waals surface area contributed by atoms with E-state index >= 15 is 0 Å². The van der Waals surface area contributed by atoms with Crippen molar-refractivity contribution in [1.82, 2.24) is 19.7 Å². The van der Waals surface area contributed by atoms with Crippen LogP contribution in [0.4, 0.5) is 0 Å². The third-order valence-electron chi connectivity index (χ3n) is 4.55. The Hall–Kier alpha value is -3.32. The van der Waals surface area contributed by atoms with Crippen LogP contribution in [0.3, 0.4) is 0 Å². The molecular formula is C23H22N4O2S. The lowest BCUT2D eigenvalue weighted by Gasteiger charge is -2.13. The molecule has 0 aliphatic heterocycles. The Morgan fingerprint density at radius 2 is 1.73 bits per heavy atom. The number of aromatic nitrogens is 4. The van der Waals surface area contributed by atoms with Crippen molar-refractivity contribution in [3.05, 3.63) is 78.6 Å². The Morgan fingerprint density at radius 1 is 0.933 bits per heavy atom. The molecule has 0 atom stereocenters. The SMILES string of the molecule is COc1ccc(OCCSc2nnc(-c3cccnc3)n2-c2ccccc2C)cc1. The summed E-state index contributed by atoms with van der Waals surface area (Å²) in [6.07, 6.45) is 3.56. The minimum Gasteiger partial charge on any atom is -0.497 e. The molecular weight excluding hydrogens is 396 g/mol. The average molecular weight is 419 g/mol. The van der Waals surface area contributed by atoms with Crippen LogP contribution < -0.4 is 9.47 Å². The fourth-order valence-electron chi connectivity index (χ4n) is 3.04. The number of aryl methyl sites for hydroxylation is 1. The van der Waals surface area contributed by atoms with Crippen LogP contribution in [0.25, 0.3) is 17.1 Å². The number of hydrogen-bond acceptors (Lipinski definition) is 6. The second kappa shape index (κ2) is 9.45. The molecule has 0 saturated heterocycles. The van der Waals surface area contributed by atoms with Crippen molar-refractivity contribution in [2.75, 3.05) is 19.5 Å². The molecule has 0 saturated carbocycles. The first-order valence-corrected chi connectivity index (χ1v) is 10.6. The summed E-state index contributed by atoms with van der Waals surface area (Å²) in [5, 5.41) is 9.73. The normalized spacial score (nSPS) is 10.7. The van der Waals surface area contributed by atoms with E-state index in [2.05, 4.69) is 38.8 Å². The molecule has 0 amide bonds. The van der Waals surface area contributed by atoms with E-state index in [4.69, 9.17) is 9.47 Å². The van der Waals surface area contributed by atoms with E-state index in [0.717, 1.165) is 45.0 Å². The number of benzene rings is 2. The Bertz CT molecular complexity index is 1100. The van der Waals surface area contributed by atoms with Gasteiger partial charge in [0.25, 0.3) is 0 Å². The molecule has 4 rings (SSSR count). The van der Waals surface area contributed by atoms with Gasteiger partial charge in [0.1, 0.15) is 11.5 Å². The first-order valence-electron chi connectivity index (χ1n) is 9.58. The zero-order valence-electron chi connectivity index (χ0n) is 16.9. The summed E-state index contributed by atoms with van der Waals surface area (Å²) in [6, 6.07) is 19.7. The number of nitrogens with zero attached hydrogens (tertiary/aromatic N) is 4. The largest absolute Gasteiger partial charge is 0.497 e. The molecule has 0 radical (unpaired) electrons. The van der Waals surface area contributed by atoms with Crippen molar-refractivity contribution >= 4 is 11.8 Å². The van der Waals surface area contributed by atoms with Gasteiger partial charge >= 0.3 is 0 Å². The van der Waals surface area contributed by atoms with Crippen LogP contribution in [0.5, 0.6) is 11.5 Å². The molecule has 4 aromatic rings. The summed E-state index contributed by atoms with van der Waals surface area (Å²) in [6.45, 7) is 2.64. The van der Waals surface area contributed by atoms with Crippen LogP contribution in [0, 0.1) is 6.92 Å². The lowest BCUT2D eigenvalue weighted by atomic mass is 10.2. The van der Waals surface area contributed by atoms with Crippen molar-refractivity contribution in [3.8, 4) is 28.6 Å². The van der Waals surface area contributed by atoms with Gasteiger partial charge < -0.3 is 9.47 Å². The Balaban J connectivity index is 1.53. The maximum absolute atomic E-state index is 5.84. The molecule has 0 spiro atoms. The van der Waals surface area contributed by atoms with E-state index in [0.29, 0.717) is 6.61 Å². The topological polar surface area (TPSA) is 62.1 Å². The summed E-state index contributed by atoms with van der Waals surface area (Å²) in [5.41, 5.74) is 3.13. The van der Waals surface area contributed by atoms with Crippen molar-refractivity contribution in [2.45, 2.75) is 12.1 Å². The van der Waals surface area contributed by atoms with E-state index in [1.54, 1.807) is 31.3 Å². The number of thioether (sulfide) groups is 1. The Kier molecular flexibility index (Phi) is 6.29. The van der Waals surface area contributed by atoms with Crippen LogP contribution in [-0.4, -0.2) is 39.2 Å². The maximum Gasteiger partial charge on any atom is 0.196 e. The highest BCUT2D eigenvalue weighted by Gasteiger charge is 2.17. The number of rotatable bonds is 8. The van der Waals surface area contributed by atoms with E-state index in [1.807, 2.05) is 48.5 Å². The minimum absolute atomic E-state index is 0.555. The lowest BCUT2D eigenvalue weighted by Crippen LogP contribution is -2.04. The van der Waals surface area contributed by atoms with Crippen LogP contribution in [-0.2, 0) is 0 Å². The highest BCUT2D eigenvalue weighted by Crippen LogP contribution is 2.29. The predicted octanol–water partition coefficient (Wildman–Crippen LogP) is 4.82. The second-order valence-electron chi connectivity index (χ2n) is 6.54. The zero-order chi connectivity index (χ0) is 20.8. The molecule has 0 fully saturated rings. The number of para-hydroxylation sites is 1. The molecule has 0 aliphatic rings. The highest BCUT2D eigenvalue weighted by atomic mass is 32.2. The van der Waals surface area contributed by atoms with Gasteiger partial charge in [0.2, 0.25) is 0 Å². The zero-order valence-corrected chi connectivity index (χ0v) is 17.7. The molecule has 0 bridgehead atoms. The van der Waals surface area contributed by atoms with Gasteiger partial charge in [-0.25, -0.2) is 0 Å². The third-order valence-corrected chi connectivity index (χ3v) is 5.45. The Morgan fingerprint density at radius 3 is 2.47 bits per heavy atom. The summed E-state index contributed by atoms with van der Waals surface area (Å²) in [7, 11) is 1.65. The molecule has 0 aliphatic carbocycles. The highest BCUT2D eigenvalue weighted by molar-refractivity contribution is 7.99. The second-order valence-corrected chi connectivity index (χ2v) is 7.60. The van der Waals surface area contributed by atoms with Crippen molar-refractivity contribution in [1.29, 1.82) is 0 Å². The van der Waals surface area contributed by atoms with Gasteiger partial charge in [-0.05, 0) is 55.0 Å². The van der Waals surface area contributed by atoms with E-state index in [9.17, 15) is 0 Å². The van der Waals surface area contributed by atoms with Crippen LogP contribution in [0.1, 0.15) is 5.56 Å². The molecule has 7 heteroatoms. The van der Waals surface area contributed by atoms with Gasteiger partial charge in [0.05, 0.1) is 19.4 Å². The van der Waals surface area contributed by atoms with Crippen molar-refractivity contribution in [3.63, 3.8) is 0 Å². The van der Waals surface area contributed by atoms with Crippen LogP contribution in [0.15, 0.2) is 78.2 Å². The van der Waals surface area contributed by atoms with Crippen molar-refractivity contribution in [2.24, 2.45) is 0 Å². The Labute approximate surface area is 179 Å². The molecule has 2 aromatic carbocycles. The number of ether oxygens (including phenoxy) is 2. The molecule has 2 heterocycles. The summed E-state index contributed by atoms with van der Waals surface area (Å²) >= 11 is 1.61. The quantitative estimate of drug-likeness (QED) is 0.302. The molecule has 0 N–H and O–H groups in total. The molecule has 30 heavy (non-hydrogen) atoms. The fourth-order valence-corrected chi connectivity index (χ4v) is 3.80. The van der Waals surface area contributed by atoms with Crippen molar-refractivity contribution < 1.29 is 9.47 Å². The minimum atomic E-state index is 0.555. The fraction of sp³-hybridized carbons (Fsp3) is 0.174. The van der Waals surface area contributed by atoms with Crippen LogP contribution in [0.2, 0.25) is 0 Å². The van der Waals surface area contributed by atoms with Gasteiger partial charge in [-0.1, -0.05) is 30.0 Å². The number of pyridine rings is 1. The van der Waals surface area contributed by atoms with E-state index in [-0.39, 0.29) is 0 Å². The monoisotopic (exact) mass is 418 g/mol. The van der Waals surface area contributed by atoms with Crippen LogP contribution >= 0.6 is 11.8 Å². The molecule has 0 unspecified atom stereocenters. The number of hydrogen-bond donors (Lipinski definition) is 0. The van der Waals surface area contributed by atoms with E-state index in [1.165, 1.54) is 0 Å².